The van der Waals surface area contributed by atoms with Crippen molar-refractivity contribution in [2.75, 3.05) is 5.32 Å². The second kappa shape index (κ2) is 7.02. The molecule has 0 radical (unpaired) electrons. The number of benzene rings is 1. The van der Waals surface area contributed by atoms with Crippen molar-refractivity contribution in [2.24, 2.45) is 0 Å². The molecule has 124 valence electrons. The molecule has 0 aliphatic carbocycles. The summed E-state index contributed by atoms with van der Waals surface area (Å²) in [6.45, 7) is 6.02. The van der Waals surface area contributed by atoms with Crippen molar-refractivity contribution in [2.45, 2.75) is 26.8 Å². The van der Waals surface area contributed by atoms with Crippen LogP contribution in [-0.4, -0.2) is 20.7 Å². The minimum atomic E-state index is -0.235. The molecule has 0 atom stereocenters. The van der Waals surface area contributed by atoms with Crippen molar-refractivity contribution < 1.29 is 4.79 Å². The minimum absolute atomic E-state index is 0.221. The predicted octanol–water partition coefficient (Wildman–Crippen LogP) is 4.75. The van der Waals surface area contributed by atoms with Gasteiger partial charge in [-0.2, -0.15) is 5.10 Å². The van der Waals surface area contributed by atoms with Gasteiger partial charge >= 0.3 is 0 Å². The van der Waals surface area contributed by atoms with Crippen molar-refractivity contribution in [1.29, 1.82) is 0 Å². The van der Waals surface area contributed by atoms with Gasteiger partial charge in [0.25, 0.3) is 5.91 Å². The van der Waals surface area contributed by atoms with Gasteiger partial charge in [0, 0.05) is 26.2 Å². The lowest BCUT2D eigenvalue weighted by molar-refractivity contribution is 0.102. The highest BCUT2D eigenvalue weighted by atomic mass is 127. The van der Waals surface area contributed by atoms with Gasteiger partial charge in [0.1, 0.15) is 0 Å². The third-order valence-electron chi connectivity index (χ3n) is 3.51. The molecule has 1 amide bonds. The Morgan fingerprint density at radius 1 is 1.29 bits per heavy atom. The zero-order chi connectivity index (χ0) is 17.3. The molecule has 0 spiro atoms. The fourth-order valence-corrected chi connectivity index (χ4v) is 3.44. The SMILES string of the molecule is Cc1cc(C(=O)Nc2nc(-c3ccc(I)cc3)cs2)nn1C(C)C. The summed E-state index contributed by atoms with van der Waals surface area (Å²) in [6, 6.07) is 10.1. The number of aryl methyl sites for hydroxylation is 1. The number of carbonyl (C=O) groups excluding carboxylic acids is 1. The number of halogens is 1. The zero-order valence-electron chi connectivity index (χ0n) is 13.6. The highest BCUT2D eigenvalue weighted by molar-refractivity contribution is 14.1. The summed E-state index contributed by atoms with van der Waals surface area (Å²) in [7, 11) is 0. The van der Waals surface area contributed by atoms with E-state index in [4.69, 9.17) is 0 Å². The van der Waals surface area contributed by atoms with E-state index in [2.05, 4.69) is 38.0 Å². The molecular formula is C17H17IN4OS. The van der Waals surface area contributed by atoms with E-state index in [0.29, 0.717) is 10.8 Å². The molecule has 0 unspecified atom stereocenters. The average Bonchev–Trinajstić information content (AvgIpc) is 3.15. The summed E-state index contributed by atoms with van der Waals surface area (Å²) in [5.74, 6) is -0.235. The van der Waals surface area contributed by atoms with Crippen LogP contribution in [0.15, 0.2) is 35.7 Å². The van der Waals surface area contributed by atoms with Crippen LogP contribution < -0.4 is 5.32 Å². The fraction of sp³-hybridized carbons (Fsp3) is 0.235. The van der Waals surface area contributed by atoms with Crippen LogP contribution in [-0.2, 0) is 0 Å². The number of nitrogens with one attached hydrogen (secondary N) is 1. The second-order valence-electron chi connectivity index (χ2n) is 5.71. The summed E-state index contributed by atoms with van der Waals surface area (Å²) in [6.07, 6.45) is 0. The first-order chi connectivity index (χ1) is 11.4. The normalized spacial score (nSPS) is 11.0. The average molecular weight is 452 g/mol. The van der Waals surface area contributed by atoms with Crippen molar-refractivity contribution in [3.63, 3.8) is 0 Å². The molecule has 2 heterocycles. The van der Waals surface area contributed by atoms with Crippen molar-refractivity contribution in [3.8, 4) is 11.3 Å². The first-order valence-corrected chi connectivity index (χ1v) is 9.49. The summed E-state index contributed by atoms with van der Waals surface area (Å²) in [4.78, 5) is 16.9. The Hall–Kier alpha value is -1.74. The van der Waals surface area contributed by atoms with E-state index < -0.39 is 0 Å². The van der Waals surface area contributed by atoms with Crippen LogP contribution in [0.1, 0.15) is 36.1 Å². The molecule has 0 bridgehead atoms. The number of nitrogens with zero attached hydrogens (tertiary/aromatic N) is 3. The van der Waals surface area contributed by atoms with Gasteiger partial charge in [-0.1, -0.05) is 12.1 Å². The maximum atomic E-state index is 12.4. The maximum Gasteiger partial charge on any atom is 0.277 e. The Bertz CT molecular complexity index is 867. The maximum absolute atomic E-state index is 12.4. The predicted molar refractivity (Wildman–Crippen MR) is 106 cm³/mol. The van der Waals surface area contributed by atoms with E-state index >= 15 is 0 Å². The molecule has 7 heteroatoms. The molecule has 0 fully saturated rings. The molecule has 0 aliphatic rings. The molecule has 2 aromatic heterocycles. The summed E-state index contributed by atoms with van der Waals surface area (Å²) < 4.78 is 3.02. The van der Waals surface area contributed by atoms with E-state index in [1.54, 1.807) is 6.07 Å². The fourth-order valence-electron chi connectivity index (χ4n) is 2.37. The third kappa shape index (κ3) is 3.67. The standard InChI is InChI=1S/C17H17IN4OS/c1-10(2)22-11(3)8-14(21-22)16(23)20-17-19-15(9-24-17)12-4-6-13(18)7-5-12/h4-10H,1-3H3,(H,19,20,23). The monoisotopic (exact) mass is 452 g/mol. The van der Waals surface area contributed by atoms with Gasteiger partial charge in [0.15, 0.2) is 10.8 Å². The van der Waals surface area contributed by atoms with Crippen LogP contribution in [0, 0.1) is 10.5 Å². The highest BCUT2D eigenvalue weighted by Gasteiger charge is 2.15. The number of anilines is 1. The first kappa shape index (κ1) is 17.1. The Morgan fingerprint density at radius 2 is 2.00 bits per heavy atom. The van der Waals surface area contributed by atoms with Gasteiger partial charge < -0.3 is 0 Å². The Labute approximate surface area is 158 Å². The van der Waals surface area contributed by atoms with Gasteiger partial charge in [-0.15, -0.1) is 11.3 Å². The Balaban J connectivity index is 1.76. The van der Waals surface area contributed by atoms with Gasteiger partial charge in [-0.25, -0.2) is 4.98 Å². The molecule has 1 aromatic carbocycles. The van der Waals surface area contributed by atoms with Crippen molar-refractivity contribution in [1.82, 2.24) is 14.8 Å². The van der Waals surface area contributed by atoms with Crippen LogP contribution in [0.2, 0.25) is 0 Å². The van der Waals surface area contributed by atoms with Crippen LogP contribution in [0.25, 0.3) is 11.3 Å². The van der Waals surface area contributed by atoms with Gasteiger partial charge in [0.2, 0.25) is 0 Å². The van der Waals surface area contributed by atoms with Crippen molar-refractivity contribution >= 4 is 45.0 Å². The van der Waals surface area contributed by atoms with Crippen LogP contribution in [0.4, 0.5) is 5.13 Å². The highest BCUT2D eigenvalue weighted by Crippen LogP contribution is 2.25. The zero-order valence-corrected chi connectivity index (χ0v) is 16.6. The van der Waals surface area contributed by atoms with Crippen LogP contribution in [0.3, 0.4) is 0 Å². The Kier molecular flexibility index (Phi) is 5.00. The van der Waals surface area contributed by atoms with Crippen LogP contribution in [0.5, 0.6) is 0 Å². The van der Waals surface area contributed by atoms with Gasteiger partial charge in [-0.05, 0) is 61.6 Å². The molecule has 0 saturated carbocycles. The topological polar surface area (TPSA) is 59.8 Å². The smallest absolute Gasteiger partial charge is 0.277 e. The molecule has 0 saturated heterocycles. The molecule has 0 aliphatic heterocycles. The minimum Gasteiger partial charge on any atom is -0.296 e. The third-order valence-corrected chi connectivity index (χ3v) is 4.99. The number of thiazole rings is 1. The quantitative estimate of drug-likeness (QED) is 0.582. The number of hydrogen-bond acceptors (Lipinski definition) is 4. The van der Waals surface area contributed by atoms with Gasteiger partial charge in [0.05, 0.1) is 5.69 Å². The number of carbonyl (C=O) groups is 1. The van der Waals surface area contributed by atoms with E-state index in [0.717, 1.165) is 17.0 Å². The lowest BCUT2D eigenvalue weighted by Gasteiger charge is -2.06. The van der Waals surface area contributed by atoms with E-state index in [1.165, 1.54) is 14.9 Å². The lowest BCUT2D eigenvalue weighted by Crippen LogP contribution is -2.13. The lowest BCUT2D eigenvalue weighted by atomic mass is 10.2. The summed E-state index contributed by atoms with van der Waals surface area (Å²) in [5, 5.41) is 9.71. The largest absolute Gasteiger partial charge is 0.296 e. The molecule has 24 heavy (non-hydrogen) atoms. The number of hydrogen-bond donors (Lipinski definition) is 1. The first-order valence-electron chi connectivity index (χ1n) is 7.53. The number of aromatic nitrogens is 3. The Morgan fingerprint density at radius 3 is 2.62 bits per heavy atom. The number of amides is 1. The summed E-state index contributed by atoms with van der Waals surface area (Å²) in [5.41, 5.74) is 3.27. The van der Waals surface area contributed by atoms with Gasteiger partial charge in [-0.3, -0.25) is 14.8 Å². The van der Waals surface area contributed by atoms with Crippen molar-refractivity contribution in [3.05, 3.63) is 50.7 Å². The molecule has 3 aromatic rings. The molecule has 5 nitrogen and oxygen atoms in total. The molecule has 3 rings (SSSR count). The molecule has 1 N–H and O–H groups in total. The van der Waals surface area contributed by atoms with E-state index in [9.17, 15) is 4.79 Å². The van der Waals surface area contributed by atoms with E-state index in [1.807, 2.05) is 55.1 Å². The second-order valence-corrected chi connectivity index (χ2v) is 7.81. The van der Waals surface area contributed by atoms with Crippen LogP contribution >= 0.6 is 33.9 Å². The summed E-state index contributed by atoms with van der Waals surface area (Å²) >= 11 is 3.68. The number of rotatable bonds is 4. The molecular weight excluding hydrogens is 435 g/mol. The van der Waals surface area contributed by atoms with E-state index in [-0.39, 0.29) is 11.9 Å².